The Bertz CT molecular complexity index is 151. The first-order valence-electron chi connectivity index (χ1n) is 4.22. The Hall–Kier alpha value is 0.0700. The van der Waals surface area contributed by atoms with Gasteiger partial charge in [0.05, 0.1) is 13.5 Å². The van der Waals surface area contributed by atoms with Crippen molar-refractivity contribution in [2.75, 3.05) is 26.0 Å². The van der Waals surface area contributed by atoms with E-state index in [1.165, 1.54) is 13.5 Å². The summed E-state index contributed by atoms with van der Waals surface area (Å²) in [5, 5.41) is 3.99. The minimum Gasteiger partial charge on any atom is -0.469 e. The first-order valence-corrected chi connectivity index (χ1v) is 5.27. The van der Waals surface area contributed by atoms with E-state index in [0.717, 1.165) is 18.8 Å². The summed E-state index contributed by atoms with van der Waals surface area (Å²) in [6.45, 7) is 2.21. The maximum Gasteiger partial charge on any atom is 0.306 e. The van der Waals surface area contributed by atoms with Gasteiger partial charge >= 0.3 is 5.97 Å². The van der Waals surface area contributed by atoms with Gasteiger partial charge in [0.2, 0.25) is 0 Å². The quantitative estimate of drug-likeness (QED) is 0.727. The van der Waals surface area contributed by atoms with Crippen molar-refractivity contribution in [3.8, 4) is 0 Å². The molecule has 0 amide bonds. The van der Waals surface area contributed by atoms with Crippen molar-refractivity contribution in [1.82, 2.24) is 5.32 Å². The molecule has 1 saturated heterocycles. The predicted octanol–water partition coefficient (Wildman–Crippen LogP) is 1.07. The van der Waals surface area contributed by atoms with Crippen LogP contribution in [0.15, 0.2) is 0 Å². The van der Waals surface area contributed by atoms with Crippen LogP contribution < -0.4 is 5.32 Å². The van der Waals surface area contributed by atoms with Gasteiger partial charge in [0.25, 0.3) is 0 Å². The SMILES string of the molecule is COC(=O)CCSC1CCNC1.Cl. The van der Waals surface area contributed by atoms with Crippen molar-refractivity contribution in [3.63, 3.8) is 0 Å². The van der Waals surface area contributed by atoms with Crippen LogP contribution in [0.2, 0.25) is 0 Å². The van der Waals surface area contributed by atoms with E-state index in [2.05, 4.69) is 10.1 Å². The minimum absolute atomic E-state index is 0. The second-order valence-corrected chi connectivity index (χ2v) is 4.22. The molecule has 13 heavy (non-hydrogen) atoms. The molecule has 1 rings (SSSR count). The van der Waals surface area contributed by atoms with Crippen molar-refractivity contribution >= 4 is 30.1 Å². The van der Waals surface area contributed by atoms with Gasteiger partial charge in [-0.15, -0.1) is 12.4 Å². The molecule has 5 heteroatoms. The van der Waals surface area contributed by atoms with Crippen molar-refractivity contribution in [3.05, 3.63) is 0 Å². The van der Waals surface area contributed by atoms with Crippen LogP contribution in [0, 0.1) is 0 Å². The third-order valence-electron chi connectivity index (χ3n) is 1.90. The molecule has 1 unspecified atom stereocenters. The normalized spacial score (nSPS) is 20.8. The van der Waals surface area contributed by atoms with E-state index in [1.54, 1.807) is 0 Å². The second kappa shape index (κ2) is 7.47. The van der Waals surface area contributed by atoms with E-state index in [0.29, 0.717) is 11.7 Å². The number of ether oxygens (including phenoxy) is 1. The zero-order valence-corrected chi connectivity index (χ0v) is 9.38. The molecule has 1 N–H and O–H groups in total. The van der Waals surface area contributed by atoms with E-state index >= 15 is 0 Å². The minimum atomic E-state index is -0.103. The van der Waals surface area contributed by atoms with Crippen LogP contribution in [-0.4, -0.2) is 37.2 Å². The number of nitrogens with one attached hydrogen (secondary N) is 1. The molecule has 0 aromatic carbocycles. The van der Waals surface area contributed by atoms with Gasteiger partial charge in [0.1, 0.15) is 0 Å². The first kappa shape index (κ1) is 13.1. The summed E-state index contributed by atoms with van der Waals surface area (Å²) in [5.41, 5.74) is 0. The van der Waals surface area contributed by atoms with Crippen LogP contribution in [-0.2, 0) is 9.53 Å². The average molecular weight is 226 g/mol. The number of rotatable bonds is 4. The van der Waals surface area contributed by atoms with Gasteiger partial charge in [-0.25, -0.2) is 0 Å². The molecule has 1 atom stereocenters. The first-order chi connectivity index (χ1) is 5.83. The highest BCUT2D eigenvalue weighted by molar-refractivity contribution is 7.99. The summed E-state index contributed by atoms with van der Waals surface area (Å²) in [6.07, 6.45) is 1.77. The summed E-state index contributed by atoms with van der Waals surface area (Å²) in [7, 11) is 1.43. The zero-order valence-electron chi connectivity index (χ0n) is 7.75. The predicted molar refractivity (Wildman–Crippen MR) is 57.6 cm³/mol. The Balaban J connectivity index is 0.00000144. The standard InChI is InChI=1S/C8H15NO2S.ClH/c1-11-8(10)3-5-12-7-2-4-9-6-7;/h7,9H,2-6H2,1H3;1H. The Labute approximate surface area is 89.4 Å². The number of hydrogen-bond donors (Lipinski definition) is 1. The van der Waals surface area contributed by atoms with Crippen LogP contribution in [0.3, 0.4) is 0 Å². The van der Waals surface area contributed by atoms with Crippen LogP contribution >= 0.6 is 24.2 Å². The molecule has 0 saturated carbocycles. The lowest BCUT2D eigenvalue weighted by molar-refractivity contribution is -0.140. The van der Waals surface area contributed by atoms with Gasteiger partial charge in [-0.3, -0.25) is 4.79 Å². The van der Waals surface area contributed by atoms with Crippen molar-refractivity contribution in [2.45, 2.75) is 18.1 Å². The number of hydrogen-bond acceptors (Lipinski definition) is 4. The van der Waals surface area contributed by atoms with E-state index in [1.807, 2.05) is 11.8 Å². The summed E-state index contributed by atoms with van der Waals surface area (Å²) in [5.74, 6) is 0.785. The van der Waals surface area contributed by atoms with Gasteiger partial charge in [0, 0.05) is 17.5 Å². The van der Waals surface area contributed by atoms with Gasteiger partial charge in [-0.05, 0) is 13.0 Å². The Morgan fingerprint density at radius 3 is 3.00 bits per heavy atom. The number of carbonyl (C=O) groups excluding carboxylic acids is 1. The van der Waals surface area contributed by atoms with Crippen LogP contribution in [0.4, 0.5) is 0 Å². The van der Waals surface area contributed by atoms with Crippen LogP contribution in [0.25, 0.3) is 0 Å². The van der Waals surface area contributed by atoms with Gasteiger partial charge in [0.15, 0.2) is 0 Å². The second-order valence-electron chi connectivity index (χ2n) is 2.81. The fraction of sp³-hybridized carbons (Fsp3) is 0.875. The lowest BCUT2D eigenvalue weighted by atomic mass is 10.4. The zero-order chi connectivity index (χ0) is 8.81. The number of carbonyl (C=O) groups is 1. The van der Waals surface area contributed by atoms with Crippen molar-refractivity contribution < 1.29 is 9.53 Å². The summed E-state index contributed by atoms with van der Waals surface area (Å²) >= 11 is 1.86. The molecule has 1 heterocycles. The summed E-state index contributed by atoms with van der Waals surface area (Å²) in [4.78, 5) is 10.7. The molecule has 1 aliphatic heterocycles. The third-order valence-corrected chi connectivity index (χ3v) is 3.22. The van der Waals surface area contributed by atoms with E-state index in [9.17, 15) is 4.79 Å². The molecule has 0 bridgehead atoms. The molecule has 0 aromatic rings. The molecular weight excluding hydrogens is 210 g/mol. The van der Waals surface area contributed by atoms with Crippen molar-refractivity contribution in [2.24, 2.45) is 0 Å². The lowest BCUT2D eigenvalue weighted by Gasteiger charge is -2.06. The monoisotopic (exact) mass is 225 g/mol. The number of methoxy groups -OCH3 is 1. The molecule has 1 fully saturated rings. The molecule has 78 valence electrons. The Kier molecular flexibility index (Phi) is 7.51. The maximum absolute atomic E-state index is 10.7. The van der Waals surface area contributed by atoms with E-state index in [4.69, 9.17) is 0 Å². The number of thioether (sulfide) groups is 1. The van der Waals surface area contributed by atoms with Crippen LogP contribution in [0.1, 0.15) is 12.8 Å². The lowest BCUT2D eigenvalue weighted by Crippen LogP contribution is -2.11. The summed E-state index contributed by atoms with van der Waals surface area (Å²) < 4.78 is 4.55. The molecule has 0 spiro atoms. The number of esters is 1. The number of halogens is 1. The molecule has 0 aromatic heterocycles. The highest BCUT2D eigenvalue weighted by Gasteiger charge is 2.14. The highest BCUT2D eigenvalue weighted by atomic mass is 35.5. The largest absolute Gasteiger partial charge is 0.469 e. The van der Waals surface area contributed by atoms with E-state index in [-0.39, 0.29) is 18.4 Å². The average Bonchev–Trinajstić information content (AvgIpc) is 2.57. The smallest absolute Gasteiger partial charge is 0.306 e. The molecule has 1 aliphatic rings. The fourth-order valence-electron chi connectivity index (χ4n) is 1.18. The molecule has 3 nitrogen and oxygen atoms in total. The fourth-order valence-corrected chi connectivity index (χ4v) is 2.32. The van der Waals surface area contributed by atoms with Crippen molar-refractivity contribution in [1.29, 1.82) is 0 Å². The molecule has 0 aliphatic carbocycles. The molecular formula is C8H16ClNO2S. The Morgan fingerprint density at radius 1 is 1.69 bits per heavy atom. The highest BCUT2D eigenvalue weighted by Crippen LogP contribution is 2.17. The van der Waals surface area contributed by atoms with Crippen LogP contribution in [0.5, 0.6) is 0 Å². The van der Waals surface area contributed by atoms with Gasteiger partial charge in [-0.1, -0.05) is 0 Å². The Morgan fingerprint density at radius 2 is 2.46 bits per heavy atom. The maximum atomic E-state index is 10.7. The van der Waals surface area contributed by atoms with Gasteiger partial charge in [-0.2, -0.15) is 11.8 Å². The van der Waals surface area contributed by atoms with E-state index < -0.39 is 0 Å². The third kappa shape index (κ3) is 5.39. The molecule has 0 radical (unpaired) electrons. The summed E-state index contributed by atoms with van der Waals surface area (Å²) in [6, 6.07) is 0. The topological polar surface area (TPSA) is 38.3 Å². The van der Waals surface area contributed by atoms with Gasteiger partial charge < -0.3 is 10.1 Å².